The van der Waals surface area contributed by atoms with Crippen LogP contribution in [-0.2, 0) is 16.3 Å². The molecule has 4 nitrogen and oxygen atoms in total. The van der Waals surface area contributed by atoms with E-state index in [-0.39, 0.29) is 17.3 Å². The van der Waals surface area contributed by atoms with Crippen LogP contribution in [0.1, 0.15) is 29.3 Å². The van der Waals surface area contributed by atoms with Crippen LogP contribution in [0.25, 0.3) is 0 Å². The zero-order valence-corrected chi connectivity index (χ0v) is 10.8. The molecule has 0 heterocycles. The molecule has 1 N–H and O–H groups in total. The summed E-state index contributed by atoms with van der Waals surface area (Å²) in [7, 11) is -2.98. The maximum absolute atomic E-state index is 11.2. The van der Waals surface area contributed by atoms with Gasteiger partial charge in [0, 0.05) is 11.8 Å². The van der Waals surface area contributed by atoms with Crippen molar-refractivity contribution in [3.05, 3.63) is 29.3 Å². The minimum atomic E-state index is -2.98. The number of Topliss-reactive ketones (excluding diaryl/α,β-unsaturated/α-hetero) is 1. The average Bonchev–Trinajstić information content (AvgIpc) is 2.18. The summed E-state index contributed by atoms with van der Waals surface area (Å²) in [6, 6.07) is 4.63. The number of phenolic OH excluding ortho intramolecular Hbond substituents is 1. The number of benzene rings is 1. The van der Waals surface area contributed by atoms with Crippen LogP contribution in [-0.4, -0.2) is 31.3 Å². The summed E-state index contributed by atoms with van der Waals surface area (Å²) in [6.45, 7) is 1.45. The molecule has 94 valence electrons. The Hall–Kier alpha value is -1.36. The Labute approximate surface area is 101 Å². The fourth-order valence-corrected chi connectivity index (χ4v) is 2.20. The van der Waals surface area contributed by atoms with Crippen LogP contribution in [0.4, 0.5) is 0 Å². The molecule has 0 aromatic heterocycles. The van der Waals surface area contributed by atoms with E-state index < -0.39 is 9.84 Å². The van der Waals surface area contributed by atoms with Crippen molar-refractivity contribution >= 4 is 15.6 Å². The second-order valence-electron chi connectivity index (χ2n) is 4.13. The van der Waals surface area contributed by atoms with Gasteiger partial charge in [-0.05, 0) is 43.5 Å². The molecule has 0 spiro atoms. The number of carbonyl (C=O) groups is 1. The third kappa shape index (κ3) is 4.56. The van der Waals surface area contributed by atoms with Crippen LogP contribution < -0.4 is 0 Å². The van der Waals surface area contributed by atoms with Gasteiger partial charge in [-0.25, -0.2) is 8.42 Å². The molecule has 0 saturated heterocycles. The Morgan fingerprint density at radius 2 is 2.00 bits per heavy atom. The summed E-state index contributed by atoms with van der Waals surface area (Å²) in [5.41, 5.74) is 1.14. The van der Waals surface area contributed by atoms with Crippen molar-refractivity contribution in [1.82, 2.24) is 0 Å². The number of sulfone groups is 1. The Morgan fingerprint density at radius 1 is 1.35 bits per heavy atom. The van der Waals surface area contributed by atoms with Gasteiger partial charge in [-0.1, -0.05) is 0 Å². The number of hydrogen-bond donors (Lipinski definition) is 1. The zero-order valence-electron chi connectivity index (χ0n) is 9.93. The van der Waals surface area contributed by atoms with E-state index in [2.05, 4.69) is 0 Å². The third-order valence-corrected chi connectivity index (χ3v) is 3.48. The fourth-order valence-electron chi connectivity index (χ4n) is 1.53. The first-order chi connectivity index (χ1) is 7.79. The summed E-state index contributed by atoms with van der Waals surface area (Å²) in [5.74, 6) is 0.106. The quantitative estimate of drug-likeness (QED) is 0.812. The largest absolute Gasteiger partial charge is 0.508 e. The molecule has 0 unspecified atom stereocenters. The molecular formula is C12H16O4S. The fraction of sp³-hybridized carbons (Fsp3) is 0.417. The molecule has 0 aliphatic carbocycles. The van der Waals surface area contributed by atoms with Gasteiger partial charge in [0.25, 0.3) is 0 Å². The van der Waals surface area contributed by atoms with E-state index in [1.54, 1.807) is 12.1 Å². The number of hydrogen-bond acceptors (Lipinski definition) is 4. The predicted molar refractivity (Wildman–Crippen MR) is 66.1 cm³/mol. The van der Waals surface area contributed by atoms with Gasteiger partial charge in [0.05, 0.1) is 5.75 Å². The van der Waals surface area contributed by atoms with Crippen molar-refractivity contribution < 1.29 is 18.3 Å². The lowest BCUT2D eigenvalue weighted by Crippen LogP contribution is -2.04. The first kappa shape index (κ1) is 13.7. The minimum absolute atomic E-state index is 0.0747. The number of rotatable bonds is 5. The van der Waals surface area contributed by atoms with E-state index in [4.69, 9.17) is 0 Å². The first-order valence-electron chi connectivity index (χ1n) is 5.30. The Kier molecular flexibility index (Phi) is 4.28. The van der Waals surface area contributed by atoms with E-state index in [0.29, 0.717) is 24.0 Å². The molecule has 0 radical (unpaired) electrons. The topological polar surface area (TPSA) is 71.4 Å². The highest BCUT2D eigenvalue weighted by molar-refractivity contribution is 7.90. The van der Waals surface area contributed by atoms with Crippen LogP contribution in [0, 0.1) is 0 Å². The molecule has 0 bridgehead atoms. The molecule has 17 heavy (non-hydrogen) atoms. The van der Waals surface area contributed by atoms with Crippen molar-refractivity contribution in [2.24, 2.45) is 0 Å². The normalized spacial score (nSPS) is 11.4. The van der Waals surface area contributed by atoms with Gasteiger partial charge in [0.1, 0.15) is 15.6 Å². The minimum Gasteiger partial charge on any atom is -0.508 e. The molecule has 0 fully saturated rings. The van der Waals surface area contributed by atoms with Crippen molar-refractivity contribution in [2.75, 3.05) is 12.0 Å². The van der Waals surface area contributed by atoms with Crippen LogP contribution in [0.5, 0.6) is 5.75 Å². The monoisotopic (exact) mass is 256 g/mol. The maximum Gasteiger partial charge on any atom is 0.159 e. The van der Waals surface area contributed by atoms with E-state index in [1.165, 1.54) is 19.2 Å². The first-order valence-corrected chi connectivity index (χ1v) is 7.36. The Balaban J connectivity index is 2.76. The van der Waals surface area contributed by atoms with Crippen LogP contribution in [0.3, 0.4) is 0 Å². The van der Waals surface area contributed by atoms with E-state index in [9.17, 15) is 18.3 Å². The molecule has 1 aromatic rings. The molecule has 1 rings (SSSR count). The van der Waals surface area contributed by atoms with Gasteiger partial charge in [0.15, 0.2) is 5.78 Å². The van der Waals surface area contributed by atoms with Crippen LogP contribution in [0.2, 0.25) is 0 Å². The smallest absolute Gasteiger partial charge is 0.159 e. The second kappa shape index (κ2) is 5.31. The van der Waals surface area contributed by atoms with Gasteiger partial charge >= 0.3 is 0 Å². The highest BCUT2D eigenvalue weighted by atomic mass is 32.2. The summed E-state index contributed by atoms with van der Waals surface area (Å²) >= 11 is 0. The number of phenols is 1. The van der Waals surface area contributed by atoms with Gasteiger partial charge in [-0.2, -0.15) is 0 Å². The van der Waals surface area contributed by atoms with E-state index in [1.807, 2.05) is 0 Å². The molecule has 0 saturated carbocycles. The molecule has 0 aliphatic rings. The molecule has 0 atom stereocenters. The summed E-state index contributed by atoms with van der Waals surface area (Å²) in [6.07, 6.45) is 2.06. The lowest BCUT2D eigenvalue weighted by Gasteiger charge is -2.06. The molecule has 5 heteroatoms. The summed E-state index contributed by atoms with van der Waals surface area (Å²) in [5, 5.41) is 9.59. The molecule has 1 aromatic carbocycles. The summed E-state index contributed by atoms with van der Waals surface area (Å²) in [4.78, 5) is 11.2. The van der Waals surface area contributed by atoms with Crippen LogP contribution in [0.15, 0.2) is 18.2 Å². The lowest BCUT2D eigenvalue weighted by molar-refractivity contribution is 0.101. The third-order valence-electron chi connectivity index (χ3n) is 2.45. The predicted octanol–water partition coefficient (Wildman–Crippen LogP) is 1.57. The Bertz CT molecular complexity index is 517. The van der Waals surface area contributed by atoms with E-state index >= 15 is 0 Å². The average molecular weight is 256 g/mol. The number of ketones is 1. The molecule has 0 aliphatic heterocycles. The van der Waals surface area contributed by atoms with Crippen molar-refractivity contribution in [3.8, 4) is 5.75 Å². The van der Waals surface area contributed by atoms with Crippen LogP contribution >= 0.6 is 0 Å². The number of carbonyl (C=O) groups excluding carboxylic acids is 1. The zero-order chi connectivity index (χ0) is 13.1. The highest BCUT2D eigenvalue weighted by Gasteiger charge is 2.08. The van der Waals surface area contributed by atoms with Crippen molar-refractivity contribution in [2.45, 2.75) is 19.8 Å². The Morgan fingerprint density at radius 3 is 2.53 bits per heavy atom. The lowest BCUT2D eigenvalue weighted by atomic mass is 10.0. The molecular weight excluding hydrogens is 240 g/mol. The van der Waals surface area contributed by atoms with Gasteiger partial charge in [-0.3, -0.25) is 4.79 Å². The second-order valence-corrected chi connectivity index (χ2v) is 6.39. The number of aryl methyl sites for hydroxylation is 1. The van der Waals surface area contributed by atoms with E-state index in [0.717, 1.165) is 0 Å². The highest BCUT2D eigenvalue weighted by Crippen LogP contribution is 2.20. The van der Waals surface area contributed by atoms with Gasteiger partial charge in [0.2, 0.25) is 0 Å². The SMILES string of the molecule is CC(=O)c1ccc(O)c(CCCS(C)(=O)=O)c1. The number of aromatic hydroxyl groups is 1. The standard InChI is InChI=1S/C12H16O4S/c1-9(13)10-5-6-12(14)11(8-10)4-3-7-17(2,15)16/h5-6,8,14H,3-4,7H2,1-2H3. The van der Waals surface area contributed by atoms with Crippen molar-refractivity contribution in [3.63, 3.8) is 0 Å². The van der Waals surface area contributed by atoms with Crippen molar-refractivity contribution in [1.29, 1.82) is 0 Å². The van der Waals surface area contributed by atoms with Gasteiger partial charge < -0.3 is 5.11 Å². The summed E-state index contributed by atoms with van der Waals surface area (Å²) < 4.78 is 21.9. The molecule has 0 amide bonds. The van der Waals surface area contributed by atoms with Gasteiger partial charge in [-0.15, -0.1) is 0 Å². The maximum atomic E-state index is 11.2.